The topological polar surface area (TPSA) is 110 Å². The summed E-state index contributed by atoms with van der Waals surface area (Å²) in [5.41, 5.74) is 8.46. The number of sulfonamides is 1. The Kier molecular flexibility index (Phi) is 7.70. The van der Waals surface area contributed by atoms with Gasteiger partial charge in [-0.2, -0.15) is 8.42 Å². The van der Waals surface area contributed by atoms with Crippen LogP contribution in [-0.2, 0) is 10.0 Å². The third-order valence-electron chi connectivity index (χ3n) is 5.91. The number of nitrogens with one attached hydrogen (secondary N) is 1. The van der Waals surface area contributed by atoms with Crippen LogP contribution in [0, 0.1) is 0 Å². The van der Waals surface area contributed by atoms with Crippen LogP contribution in [0.1, 0.15) is 39.2 Å². The summed E-state index contributed by atoms with van der Waals surface area (Å²) in [7, 11) is -3.95. The maximum Gasteiger partial charge on any atom is 0.279 e. The van der Waals surface area contributed by atoms with Crippen molar-refractivity contribution in [1.29, 1.82) is 0 Å². The van der Waals surface area contributed by atoms with Crippen LogP contribution in [0.4, 0.5) is 11.6 Å². The van der Waals surface area contributed by atoms with Crippen molar-refractivity contribution in [3.8, 4) is 17.0 Å². The summed E-state index contributed by atoms with van der Waals surface area (Å²) in [6, 6.07) is 13.8. The van der Waals surface area contributed by atoms with Crippen LogP contribution in [0.2, 0.25) is 5.02 Å². The molecule has 36 heavy (non-hydrogen) atoms. The van der Waals surface area contributed by atoms with E-state index < -0.39 is 10.0 Å². The summed E-state index contributed by atoms with van der Waals surface area (Å²) in [5, 5.41) is 0.405. The number of hydrogen-bond donors (Lipinski definition) is 2. The third-order valence-corrected chi connectivity index (χ3v) is 7.49. The molecule has 8 nitrogen and oxygen atoms in total. The van der Waals surface area contributed by atoms with Gasteiger partial charge < -0.3 is 15.4 Å². The first-order valence-electron chi connectivity index (χ1n) is 11.9. The number of halogens is 1. The SMILES string of the molecule is CCCOc1cc(-c2ccc3c(n2)N(CC)[C@H](CC)C=C3NS(=O)(=O)c2cccc(N)n2)ccc1Cl. The Bertz CT molecular complexity index is 1390. The van der Waals surface area contributed by atoms with Crippen molar-refractivity contribution in [2.75, 3.05) is 23.8 Å². The molecule has 0 saturated heterocycles. The van der Waals surface area contributed by atoms with E-state index in [0.29, 0.717) is 41.0 Å². The first-order valence-corrected chi connectivity index (χ1v) is 13.8. The minimum atomic E-state index is -3.95. The number of nitrogens with two attached hydrogens (primary N) is 1. The number of aromatic nitrogens is 2. The molecule has 4 rings (SSSR count). The van der Waals surface area contributed by atoms with E-state index in [4.69, 9.17) is 27.1 Å². The summed E-state index contributed by atoms with van der Waals surface area (Å²) >= 11 is 6.32. The number of fused-ring (bicyclic) bond motifs is 1. The molecular weight excluding hydrogens is 498 g/mol. The smallest absolute Gasteiger partial charge is 0.279 e. The lowest BCUT2D eigenvalue weighted by Crippen LogP contribution is -2.39. The van der Waals surface area contributed by atoms with Crippen LogP contribution in [0.25, 0.3) is 17.0 Å². The summed E-state index contributed by atoms with van der Waals surface area (Å²) in [5.74, 6) is 1.45. The average molecular weight is 528 g/mol. The Labute approximate surface area is 217 Å². The van der Waals surface area contributed by atoms with Crippen LogP contribution in [-0.4, -0.2) is 37.6 Å². The molecular formula is C26H30ClN5O3S. The standard InChI is InChI=1S/C26H30ClN5O3S/c1-4-14-35-23-15-17(10-12-20(23)27)21-13-11-19-22(16-18(5-2)32(6-3)26(19)29-21)31-36(33,34)25-9-7-8-24(28)30-25/h7-13,15-16,18,31H,4-6,14H2,1-3H3,(H2,28,30)/t18-/m1/s1. The van der Waals surface area contributed by atoms with Crippen molar-refractivity contribution < 1.29 is 13.2 Å². The summed E-state index contributed by atoms with van der Waals surface area (Å²) in [6.07, 6.45) is 3.57. The zero-order valence-corrected chi connectivity index (χ0v) is 22.1. The maximum atomic E-state index is 13.1. The zero-order valence-electron chi connectivity index (χ0n) is 20.5. The number of pyridine rings is 2. The number of rotatable bonds is 9. The molecule has 2 aromatic heterocycles. The monoisotopic (exact) mass is 527 g/mol. The number of ether oxygens (including phenoxy) is 1. The molecule has 1 atom stereocenters. The normalized spacial score (nSPS) is 15.3. The van der Waals surface area contributed by atoms with Gasteiger partial charge in [-0.25, -0.2) is 9.97 Å². The van der Waals surface area contributed by atoms with Crippen molar-refractivity contribution in [2.45, 2.75) is 44.7 Å². The first kappa shape index (κ1) is 25.8. The van der Waals surface area contributed by atoms with Crippen molar-refractivity contribution in [2.24, 2.45) is 0 Å². The van der Waals surface area contributed by atoms with E-state index >= 15 is 0 Å². The van der Waals surface area contributed by atoms with Crippen LogP contribution in [0.5, 0.6) is 5.75 Å². The van der Waals surface area contributed by atoms with Crippen LogP contribution in [0.3, 0.4) is 0 Å². The average Bonchev–Trinajstić information content (AvgIpc) is 2.87. The molecule has 0 unspecified atom stereocenters. The predicted octanol–water partition coefficient (Wildman–Crippen LogP) is 5.11. The lowest BCUT2D eigenvalue weighted by Gasteiger charge is -2.36. The van der Waals surface area contributed by atoms with Gasteiger partial charge in [0.1, 0.15) is 17.4 Å². The van der Waals surface area contributed by atoms with Crippen molar-refractivity contribution >= 4 is 39.0 Å². The molecule has 0 amide bonds. The number of likely N-dealkylation sites (N-methyl/N-ethyl adjacent to an activating group) is 1. The number of benzene rings is 1. The molecule has 0 bridgehead atoms. The second-order valence-electron chi connectivity index (χ2n) is 8.41. The molecule has 3 aromatic rings. The largest absolute Gasteiger partial charge is 0.492 e. The third kappa shape index (κ3) is 5.27. The van der Waals surface area contributed by atoms with Gasteiger partial charge in [0.05, 0.1) is 29.1 Å². The Balaban J connectivity index is 1.76. The quantitative estimate of drug-likeness (QED) is 0.398. The van der Waals surface area contributed by atoms with Gasteiger partial charge in [0.15, 0.2) is 5.03 Å². The van der Waals surface area contributed by atoms with Gasteiger partial charge in [-0.05, 0) is 62.2 Å². The minimum Gasteiger partial charge on any atom is -0.492 e. The van der Waals surface area contributed by atoms with Gasteiger partial charge >= 0.3 is 0 Å². The highest BCUT2D eigenvalue weighted by molar-refractivity contribution is 7.89. The van der Waals surface area contributed by atoms with Gasteiger partial charge in [-0.1, -0.05) is 37.6 Å². The highest BCUT2D eigenvalue weighted by atomic mass is 35.5. The highest BCUT2D eigenvalue weighted by Gasteiger charge is 2.29. The fourth-order valence-electron chi connectivity index (χ4n) is 4.14. The maximum absolute atomic E-state index is 13.1. The van der Waals surface area contributed by atoms with E-state index in [-0.39, 0.29) is 16.9 Å². The minimum absolute atomic E-state index is 0.0366. The lowest BCUT2D eigenvalue weighted by molar-refractivity contribution is 0.318. The van der Waals surface area contributed by atoms with Gasteiger partial charge in [-0.3, -0.25) is 4.72 Å². The highest BCUT2D eigenvalue weighted by Crippen LogP contribution is 2.36. The van der Waals surface area contributed by atoms with Crippen molar-refractivity contribution in [3.63, 3.8) is 0 Å². The van der Waals surface area contributed by atoms with Crippen molar-refractivity contribution in [3.05, 3.63) is 65.2 Å². The number of anilines is 2. The molecule has 0 fully saturated rings. The Morgan fingerprint density at radius 2 is 1.92 bits per heavy atom. The zero-order chi connectivity index (χ0) is 25.9. The Morgan fingerprint density at radius 1 is 1.11 bits per heavy atom. The van der Waals surface area contributed by atoms with E-state index in [2.05, 4.69) is 28.5 Å². The van der Waals surface area contributed by atoms with E-state index in [1.165, 1.54) is 6.07 Å². The second-order valence-corrected chi connectivity index (χ2v) is 10.4. The van der Waals surface area contributed by atoms with E-state index in [0.717, 1.165) is 24.1 Å². The van der Waals surface area contributed by atoms with Crippen LogP contribution in [0.15, 0.2) is 59.6 Å². The fraction of sp³-hybridized carbons (Fsp3) is 0.308. The second kappa shape index (κ2) is 10.8. The van der Waals surface area contributed by atoms with Gasteiger partial charge in [0.2, 0.25) is 0 Å². The van der Waals surface area contributed by atoms with Crippen LogP contribution < -0.4 is 20.1 Å². The molecule has 10 heteroatoms. The molecule has 0 radical (unpaired) electrons. The van der Waals surface area contributed by atoms with Crippen LogP contribution >= 0.6 is 11.6 Å². The van der Waals surface area contributed by atoms with Gasteiger partial charge in [0.25, 0.3) is 10.0 Å². The number of nitrogens with zero attached hydrogens (tertiary/aromatic N) is 3. The van der Waals surface area contributed by atoms with Gasteiger partial charge in [0, 0.05) is 17.7 Å². The summed E-state index contributed by atoms with van der Waals surface area (Å²) in [6.45, 7) is 7.42. The van der Waals surface area contributed by atoms with E-state index in [1.807, 2.05) is 37.3 Å². The molecule has 0 saturated carbocycles. The predicted molar refractivity (Wildman–Crippen MR) is 145 cm³/mol. The van der Waals surface area contributed by atoms with E-state index in [1.54, 1.807) is 18.2 Å². The van der Waals surface area contributed by atoms with Crippen molar-refractivity contribution in [1.82, 2.24) is 14.7 Å². The summed E-state index contributed by atoms with van der Waals surface area (Å²) < 4.78 is 34.7. The molecule has 0 spiro atoms. The molecule has 190 valence electrons. The van der Waals surface area contributed by atoms with Gasteiger partial charge in [-0.15, -0.1) is 0 Å². The molecule has 3 heterocycles. The Morgan fingerprint density at radius 3 is 2.61 bits per heavy atom. The molecule has 1 aromatic carbocycles. The number of nitrogen functional groups attached to an aromatic ring is 1. The fourth-order valence-corrected chi connectivity index (χ4v) is 5.37. The summed E-state index contributed by atoms with van der Waals surface area (Å²) in [4.78, 5) is 11.1. The number of hydrogen-bond acceptors (Lipinski definition) is 7. The Hall–Kier alpha value is -3.30. The molecule has 0 aliphatic carbocycles. The molecule has 3 N–H and O–H groups in total. The molecule has 1 aliphatic heterocycles. The van der Waals surface area contributed by atoms with E-state index in [9.17, 15) is 8.42 Å². The first-order chi connectivity index (χ1) is 17.3. The lowest BCUT2D eigenvalue weighted by atomic mass is 10.0. The molecule has 1 aliphatic rings.